The molecule has 0 bridgehead atoms. The molecule has 0 aliphatic rings. The lowest BCUT2D eigenvalue weighted by atomic mass is 10.0. The summed E-state index contributed by atoms with van der Waals surface area (Å²) in [6.07, 6.45) is 1.05. The minimum absolute atomic E-state index is 1.05. The summed E-state index contributed by atoms with van der Waals surface area (Å²) < 4.78 is 2.39. The Bertz CT molecular complexity index is 1210. The summed E-state index contributed by atoms with van der Waals surface area (Å²) in [5.74, 6) is 0. The molecule has 1 heterocycles. The first-order chi connectivity index (χ1) is 12.4. The Kier molecular flexibility index (Phi) is 3.14. The molecule has 0 fully saturated rings. The molecule has 0 saturated carbocycles. The maximum absolute atomic E-state index is 2.39. The molecule has 0 spiro atoms. The van der Waals surface area contributed by atoms with E-state index in [1.807, 2.05) is 0 Å². The van der Waals surface area contributed by atoms with Gasteiger partial charge in [0.25, 0.3) is 0 Å². The molecule has 0 radical (unpaired) electrons. The van der Waals surface area contributed by atoms with E-state index in [1.54, 1.807) is 0 Å². The molecule has 5 rings (SSSR count). The van der Waals surface area contributed by atoms with Crippen LogP contribution in [0.1, 0.15) is 12.5 Å². The van der Waals surface area contributed by atoms with Crippen LogP contribution < -0.4 is 0 Å². The lowest BCUT2D eigenvalue weighted by Gasteiger charge is -2.08. The topological polar surface area (TPSA) is 4.93 Å². The third kappa shape index (κ3) is 2.09. The fourth-order valence-corrected chi connectivity index (χ4v) is 3.91. The lowest BCUT2D eigenvalue weighted by Crippen LogP contribution is -1.93. The van der Waals surface area contributed by atoms with Gasteiger partial charge in [-0.15, -0.1) is 0 Å². The number of rotatable bonds is 2. The van der Waals surface area contributed by atoms with Gasteiger partial charge in [-0.1, -0.05) is 61.5 Å². The molecular weight excluding hydrogens is 302 g/mol. The Balaban J connectivity index is 2.04. The van der Waals surface area contributed by atoms with Crippen molar-refractivity contribution in [3.63, 3.8) is 0 Å². The molecule has 1 nitrogen and oxygen atoms in total. The Labute approximate surface area is 147 Å². The molecule has 0 saturated heterocycles. The second-order valence-electron chi connectivity index (χ2n) is 6.56. The van der Waals surface area contributed by atoms with Crippen molar-refractivity contribution in [2.45, 2.75) is 13.3 Å². The van der Waals surface area contributed by atoms with Gasteiger partial charge >= 0.3 is 0 Å². The first-order valence-electron chi connectivity index (χ1n) is 8.87. The van der Waals surface area contributed by atoms with Crippen molar-refractivity contribution in [1.82, 2.24) is 4.57 Å². The van der Waals surface area contributed by atoms with Gasteiger partial charge in [0.15, 0.2) is 0 Å². The Hall–Kier alpha value is -3.06. The van der Waals surface area contributed by atoms with Crippen LogP contribution in [-0.4, -0.2) is 4.57 Å². The van der Waals surface area contributed by atoms with E-state index < -0.39 is 0 Å². The molecule has 0 aliphatic heterocycles. The first kappa shape index (κ1) is 14.3. The third-order valence-electron chi connectivity index (χ3n) is 5.14. The van der Waals surface area contributed by atoms with Crippen molar-refractivity contribution in [3.05, 3.63) is 90.5 Å². The van der Waals surface area contributed by atoms with Gasteiger partial charge in [0.2, 0.25) is 0 Å². The van der Waals surface area contributed by atoms with Gasteiger partial charge in [0.1, 0.15) is 0 Å². The zero-order valence-electron chi connectivity index (χ0n) is 14.2. The Morgan fingerprint density at radius 3 is 2.28 bits per heavy atom. The molecule has 1 heteroatoms. The van der Waals surface area contributed by atoms with Crippen LogP contribution in [0.5, 0.6) is 0 Å². The van der Waals surface area contributed by atoms with Crippen molar-refractivity contribution in [2.75, 3.05) is 0 Å². The largest absolute Gasteiger partial charge is 0.309 e. The summed E-state index contributed by atoms with van der Waals surface area (Å²) in [4.78, 5) is 0. The number of benzene rings is 4. The summed E-state index contributed by atoms with van der Waals surface area (Å²) in [5, 5.41) is 5.32. The van der Waals surface area contributed by atoms with Crippen LogP contribution in [0.2, 0.25) is 0 Å². The average molecular weight is 321 g/mol. The number of fused-ring (bicyclic) bond motifs is 5. The number of nitrogens with zero attached hydrogens (tertiary/aromatic N) is 1. The minimum Gasteiger partial charge on any atom is -0.309 e. The second kappa shape index (κ2) is 5.49. The Morgan fingerprint density at radius 1 is 0.680 bits per heavy atom. The molecule has 0 N–H and O–H groups in total. The van der Waals surface area contributed by atoms with Gasteiger partial charge < -0.3 is 4.57 Å². The quantitative estimate of drug-likeness (QED) is 0.350. The van der Waals surface area contributed by atoms with E-state index in [9.17, 15) is 0 Å². The summed E-state index contributed by atoms with van der Waals surface area (Å²) in [5.41, 5.74) is 5.14. The minimum atomic E-state index is 1.05. The second-order valence-corrected chi connectivity index (χ2v) is 6.56. The van der Waals surface area contributed by atoms with Crippen LogP contribution >= 0.6 is 0 Å². The molecule has 5 aromatic rings. The van der Waals surface area contributed by atoms with E-state index in [0.717, 1.165) is 6.42 Å². The first-order valence-corrected chi connectivity index (χ1v) is 8.87. The van der Waals surface area contributed by atoms with Crippen LogP contribution in [0, 0.1) is 0 Å². The summed E-state index contributed by atoms with van der Waals surface area (Å²) in [6, 6.07) is 30.7. The average Bonchev–Trinajstić information content (AvgIpc) is 3.02. The van der Waals surface area contributed by atoms with Crippen LogP contribution in [-0.2, 0) is 6.42 Å². The highest BCUT2D eigenvalue weighted by atomic mass is 15.0. The van der Waals surface area contributed by atoms with Gasteiger partial charge in [-0.05, 0) is 53.1 Å². The van der Waals surface area contributed by atoms with Crippen LogP contribution in [0.3, 0.4) is 0 Å². The summed E-state index contributed by atoms with van der Waals surface area (Å²) >= 11 is 0. The SMILES string of the molecule is CCc1ccc2c(c1)c1c3ccccc3ccc1n2-c1ccccc1. The van der Waals surface area contributed by atoms with Crippen LogP contribution in [0.4, 0.5) is 0 Å². The predicted molar refractivity (Wildman–Crippen MR) is 108 cm³/mol. The van der Waals surface area contributed by atoms with Crippen molar-refractivity contribution < 1.29 is 0 Å². The van der Waals surface area contributed by atoms with Gasteiger partial charge in [-0.3, -0.25) is 0 Å². The number of para-hydroxylation sites is 1. The number of aromatic nitrogens is 1. The molecule has 120 valence electrons. The monoisotopic (exact) mass is 321 g/mol. The van der Waals surface area contributed by atoms with Crippen molar-refractivity contribution in [3.8, 4) is 5.69 Å². The number of hydrogen-bond donors (Lipinski definition) is 0. The summed E-state index contributed by atoms with van der Waals surface area (Å²) in [7, 11) is 0. The summed E-state index contributed by atoms with van der Waals surface area (Å²) in [6.45, 7) is 2.22. The highest BCUT2D eigenvalue weighted by molar-refractivity contribution is 6.21. The highest BCUT2D eigenvalue weighted by Gasteiger charge is 2.14. The molecular formula is C24H19N. The molecule has 0 atom stereocenters. The van der Waals surface area contributed by atoms with Gasteiger partial charge in [-0.2, -0.15) is 0 Å². The fourth-order valence-electron chi connectivity index (χ4n) is 3.91. The predicted octanol–water partition coefficient (Wildman–Crippen LogP) is 6.50. The van der Waals surface area contributed by atoms with E-state index in [1.165, 1.54) is 43.8 Å². The van der Waals surface area contributed by atoms with Crippen molar-refractivity contribution in [1.29, 1.82) is 0 Å². The van der Waals surface area contributed by atoms with Crippen molar-refractivity contribution in [2.24, 2.45) is 0 Å². The van der Waals surface area contributed by atoms with Crippen LogP contribution in [0.15, 0.2) is 84.9 Å². The smallest absolute Gasteiger partial charge is 0.0547 e. The maximum atomic E-state index is 2.39. The number of aryl methyl sites for hydroxylation is 1. The van der Waals surface area contributed by atoms with Crippen LogP contribution in [0.25, 0.3) is 38.3 Å². The third-order valence-corrected chi connectivity index (χ3v) is 5.14. The van der Waals surface area contributed by atoms with Gasteiger partial charge in [-0.25, -0.2) is 0 Å². The molecule has 0 unspecified atom stereocenters. The van der Waals surface area contributed by atoms with Gasteiger partial charge in [0.05, 0.1) is 11.0 Å². The van der Waals surface area contributed by atoms with Crippen molar-refractivity contribution >= 4 is 32.6 Å². The molecule has 0 amide bonds. The van der Waals surface area contributed by atoms with E-state index in [4.69, 9.17) is 0 Å². The zero-order valence-corrected chi connectivity index (χ0v) is 14.2. The molecule has 25 heavy (non-hydrogen) atoms. The zero-order chi connectivity index (χ0) is 16.8. The van der Waals surface area contributed by atoms with Gasteiger partial charge in [0, 0.05) is 16.5 Å². The molecule has 0 aliphatic carbocycles. The molecule has 1 aromatic heterocycles. The number of hydrogen-bond acceptors (Lipinski definition) is 0. The molecule has 4 aromatic carbocycles. The fraction of sp³-hybridized carbons (Fsp3) is 0.0833. The van der Waals surface area contributed by atoms with E-state index >= 15 is 0 Å². The highest BCUT2D eigenvalue weighted by Crippen LogP contribution is 2.37. The van der Waals surface area contributed by atoms with E-state index in [0.29, 0.717) is 0 Å². The Morgan fingerprint density at radius 2 is 1.44 bits per heavy atom. The normalized spacial score (nSPS) is 11.6. The standard InChI is InChI=1S/C24H19N/c1-2-17-12-14-22-21(16-17)24-20-11-7-6-8-18(20)13-15-23(24)25(22)19-9-4-3-5-10-19/h3-16H,2H2,1H3. The van der Waals surface area contributed by atoms with E-state index in [2.05, 4.69) is 96.4 Å². The van der Waals surface area contributed by atoms with E-state index in [-0.39, 0.29) is 0 Å². The lowest BCUT2D eigenvalue weighted by molar-refractivity contribution is 1.14. The maximum Gasteiger partial charge on any atom is 0.0547 e.